The van der Waals surface area contributed by atoms with Crippen LogP contribution in [0.15, 0.2) is 21.7 Å². The van der Waals surface area contributed by atoms with Crippen molar-refractivity contribution in [3.63, 3.8) is 0 Å². The molecule has 0 spiro atoms. The highest BCUT2D eigenvalue weighted by atomic mass is 32.2. The Morgan fingerprint density at radius 3 is 2.62 bits per heavy atom. The van der Waals surface area contributed by atoms with Gasteiger partial charge in [0.2, 0.25) is 5.91 Å². The molecular formula is C8H7F2NO3S2. The highest BCUT2D eigenvalue weighted by molar-refractivity contribution is 7.92. The lowest BCUT2D eigenvalue weighted by Gasteiger charge is -2.03. The average Bonchev–Trinajstić information content (AvgIpc) is 2.67. The van der Waals surface area contributed by atoms with Crippen LogP contribution in [0.2, 0.25) is 0 Å². The minimum absolute atomic E-state index is 0.0650. The Morgan fingerprint density at radius 2 is 2.19 bits per heavy atom. The van der Waals surface area contributed by atoms with Crippen molar-refractivity contribution < 1.29 is 22.0 Å². The van der Waals surface area contributed by atoms with Crippen LogP contribution >= 0.6 is 11.3 Å². The van der Waals surface area contributed by atoms with Gasteiger partial charge in [0.25, 0.3) is 15.9 Å². The summed E-state index contributed by atoms with van der Waals surface area (Å²) in [5.41, 5.74) is 0. The Kier molecular flexibility index (Phi) is 2.50. The zero-order valence-corrected chi connectivity index (χ0v) is 9.45. The van der Waals surface area contributed by atoms with Crippen molar-refractivity contribution in [3.05, 3.63) is 17.5 Å². The molecule has 1 atom stereocenters. The predicted octanol–water partition coefficient (Wildman–Crippen LogP) is 1.21. The molecule has 1 amide bonds. The Labute approximate surface area is 94.3 Å². The standard InChI is InChI=1S/C8H7F2NO3S2/c9-8(10)4-5(8)7(12)11-16(13,14)6-2-1-3-15-6/h1-3,5H,4H2,(H,11,12). The number of rotatable bonds is 3. The number of halogens is 2. The summed E-state index contributed by atoms with van der Waals surface area (Å²) in [5, 5.41) is 1.52. The molecule has 16 heavy (non-hydrogen) atoms. The van der Waals surface area contributed by atoms with Crippen LogP contribution in [0.5, 0.6) is 0 Å². The second-order valence-corrected chi connectivity index (χ2v) is 6.28. The van der Waals surface area contributed by atoms with Gasteiger partial charge in [-0.2, -0.15) is 0 Å². The van der Waals surface area contributed by atoms with E-state index in [9.17, 15) is 22.0 Å². The number of carbonyl (C=O) groups excluding carboxylic acids is 1. The molecule has 0 saturated heterocycles. The van der Waals surface area contributed by atoms with E-state index < -0.39 is 34.2 Å². The van der Waals surface area contributed by atoms with Gasteiger partial charge in [-0.3, -0.25) is 4.79 Å². The first-order chi connectivity index (χ1) is 7.33. The summed E-state index contributed by atoms with van der Waals surface area (Å²) in [6, 6.07) is 2.79. The fraction of sp³-hybridized carbons (Fsp3) is 0.375. The molecule has 1 heterocycles. The lowest BCUT2D eigenvalue weighted by Crippen LogP contribution is -2.32. The van der Waals surface area contributed by atoms with Gasteiger partial charge in [-0.1, -0.05) is 6.07 Å². The monoisotopic (exact) mass is 267 g/mol. The molecule has 1 aliphatic carbocycles. The molecule has 1 saturated carbocycles. The molecule has 1 aromatic heterocycles. The van der Waals surface area contributed by atoms with Crippen LogP contribution in [0.3, 0.4) is 0 Å². The van der Waals surface area contributed by atoms with E-state index in [0.29, 0.717) is 0 Å². The lowest BCUT2D eigenvalue weighted by molar-refractivity contribution is -0.122. The minimum atomic E-state index is -3.99. The van der Waals surface area contributed by atoms with Crippen LogP contribution in [-0.2, 0) is 14.8 Å². The van der Waals surface area contributed by atoms with Crippen molar-refractivity contribution >= 4 is 27.3 Å². The van der Waals surface area contributed by atoms with E-state index in [1.165, 1.54) is 17.5 Å². The third kappa shape index (κ3) is 2.07. The summed E-state index contributed by atoms with van der Waals surface area (Å²) in [6.45, 7) is 0. The molecule has 4 nitrogen and oxygen atoms in total. The van der Waals surface area contributed by atoms with Gasteiger partial charge in [-0.05, 0) is 11.4 Å². The summed E-state index contributed by atoms with van der Waals surface area (Å²) in [4.78, 5) is 11.2. The second kappa shape index (κ2) is 3.49. The van der Waals surface area contributed by atoms with Gasteiger partial charge in [0, 0.05) is 6.42 Å². The van der Waals surface area contributed by atoms with Crippen molar-refractivity contribution in [2.45, 2.75) is 16.6 Å². The Hall–Kier alpha value is -1.02. The summed E-state index contributed by atoms with van der Waals surface area (Å²) in [7, 11) is -3.99. The van der Waals surface area contributed by atoms with Crippen LogP contribution in [-0.4, -0.2) is 20.2 Å². The number of sulfonamides is 1. The normalized spacial score (nSPS) is 22.8. The summed E-state index contributed by atoms with van der Waals surface area (Å²) >= 11 is 0.914. The first kappa shape index (κ1) is 11.5. The minimum Gasteiger partial charge on any atom is -0.273 e. The van der Waals surface area contributed by atoms with Gasteiger partial charge in [0.1, 0.15) is 10.1 Å². The quantitative estimate of drug-likeness (QED) is 0.895. The Bertz CT molecular complexity index is 509. The molecule has 1 unspecified atom stereocenters. The van der Waals surface area contributed by atoms with Gasteiger partial charge < -0.3 is 0 Å². The van der Waals surface area contributed by atoms with Crippen LogP contribution in [0.4, 0.5) is 8.78 Å². The van der Waals surface area contributed by atoms with E-state index in [4.69, 9.17) is 0 Å². The SMILES string of the molecule is O=C(NS(=O)(=O)c1cccs1)C1CC1(F)F. The van der Waals surface area contributed by atoms with E-state index in [1.807, 2.05) is 0 Å². The number of hydrogen-bond donors (Lipinski definition) is 1. The highest BCUT2D eigenvalue weighted by Gasteiger charge is 2.61. The van der Waals surface area contributed by atoms with Gasteiger partial charge in [-0.25, -0.2) is 21.9 Å². The summed E-state index contributed by atoms with van der Waals surface area (Å²) in [6.07, 6.45) is -0.585. The van der Waals surface area contributed by atoms with Crippen LogP contribution < -0.4 is 4.72 Å². The van der Waals surface area contributed by atoms with Crippen LogP contribution in [0.1, 0.15) is 6.42 Å². The average molecular weight is 267 g/mol. The number of alkyl halides is 2. The van der Waals surface area contributed by atoms with E-state index in [-0.39, 0.29) is 4.21 Å². The number of thiophene rings is 1. The zero-order chi connectivity index (χ0) is 12.0. The molecule has 1 N–H and O–H groups in total. The molecule has 0 bridgehead atoms. The van der Waals surface area contributed by atoms with Crippen molar-refractivity contribution in [1.82, 2.24) is 4.72 Å². The van der Waals surface area contributed by atoms with E-state index in [2.05, 4.69) is 0 Å². The van der Waals surface area contributed by atoms with E-state index in [0.717, 1.165) is 11.3 Å². The number of hydrogen-bond acceptors (Lipinski definition) is 4. The number of nitrogens with one attached hydrogen (secondary N) is 1. The van der Waals surface area contributed by atoms with Gasteiger partial charge in [-0.15, -0.1) is 11.3 Å². The maximum Gasteiger partial charge on any atom is 0.273 e. The molecular weight excluding hydrogens is 260 g/mol. The zero-order valence-electron chi connectivity index (χ0n) is 7.81. The third-order valence-electron chi connectivity index (χ3n) is 2.14. The predicted molar refractivity (Wildman–Crippen MR) is 52.7 cm³/mol. The van der Waals surface area contributed by atoms with Crippen LogP contribution in [0.25, 0.3) is 0 Å². The maximum absolute atomic E-state index is 12.5. The van der Waals surface area contributed by atoms with Gasteiger partial charge in [0.05, 0.1) is 0 Å². The fourth-order valence-electron chi connectivity index (χ4n) is 1.17. The van der Waals surface area contributed by atoms with Gasteiger partial charge >= 0.3 is 0 Å². The maximum atomic E-state index is 12.5. The molecule has 88 valence electrons. The highest BCUT2D eigenvalue weighted by Crippen LogP contribution is 2.48. The smallest absolute Gasteiger partial charge is 0.273 e. The van der Waals surface area contributed by atoms with E-state index in [1.54, 1.807) is 4.72 Å². The molecule has 1 aromatic rings. The summed E-state index contributed by atoms with van der Waals surface area (Å²) in [5.74, 6) is -5.71. The van der Waals surface area contributed by atoms with Crippen molar-refractivity contribution in [2.24, 2.45) is 5.92 Å². The fourth-order valence-corrected chi connectivity index (χ4v) is 3.18. The van der Waals surface area contributed by atoms with Gasteiger partial charge in [0.15, 0.2) is 0 Å². The first-order valence-electron chi connectivity index (χ1n) is 4.31. The number of amides is 1. The Balaban J connectivity index is 2.09. The molecule has 0 aromatic carbocycles. The second-order valence-electron chi connectivity index (χ2n) is 3.42. The molecule has 2 rings (SSSR count). The summed E-state index contributed by atoms with van der Waals surface area (Å²) < 4.78 is 49.6. The van der Waals surface area contributed by atoms with Crippen LogP contribution in [0, 0.1) is 5.92 Å². The molecule has 0 aliphatic heterocycles. The third-order valence-corrected chi connectivity index (χ3v) is 4.88. The largest absolute Gasteiger partial charge is 0.273 e. The lowest BCUT2D eigenvalue weighted by atomic mass is 10.4. The topological polar surface area (TPSA) is 63.2 Å². The van der Waals surface area contributed by atoms with Crippen molar-refractivity contribution in [1.29, 1.82) is 0 Å². The van der Waals surface area contributed by atoms with Crippen molar-refractivity contribution in [2.75, 3.05) is 0 Å². The Morgan fingerprint density at radius 1 is 1.56 bits per heavy atom. The molecule has 1 fully saturated rings. The first-order valence-corrected chi connectivity index (χ1v) is 6.67. The molecule has 1 aliphatic rings. The molecule has 0 radical (unpaired) electrons. The van der Waals surface area contributed by atoms with E-state index >= 15 is 0 Å². The van der Waals surface area contributed by atoms with Crippen molar-refractivity contribution in [3.8, 4) is 0 Å². The number of carbonyl (C=O) groups is 1. The molecule has 8 heteroatoms.